The van der Waals surface area contributed by atoms with E-state index in [2.05, 4.69) is 20.9 Å². The highest BCUT2D eigenvalue weighted by atomic mass is 32.2. The largest absolute Gasteiger partial charge is 0.431 e. The Balaban J connectivity index is 1.34. The summed E-state index contributed by atoms with van der Waals surface area (Å²) < 4.78 is 5.77. The van der Waals surface area contributed by atoms with E-state index in [0.29, 0.717) is 28.8 Å². The number of para-hydroxylation sites is 2. The van der Waals surface area contributed by atoms with Crippen LogP contribution in [0.4, 0.5) is 10.5 Å². The third kappa shape index (κ3) is 6.17. The number of nitrogens with zero attached hydrogens (tertiary/aromatic N) is 1. The molecule has 0 unspecified atom stereocenters. The Labute approximate surface area is 202 Å². The second kappa shape index (κ2) is 10.9. The van der Waals surface area contributed by atoms with E-state index in [0.717, 1.165) is 22.2 Å². The SMILES string of the molecule is CC(C)NC(=O)Nc1ccc(CNC(=O)c2ccccc2CSc2nc3ccccc3o2)cc1. The van der Waals surface area contributed by atoms with Gasteiger partial charge in [0.05, 0.1) is 0 Å². The standard InChI is InChI=1S/C26H26N4O3S/c1-17(2)28-25(32)29-20-13-11-18(12-14-20)15-27-24(31)21-8-4-3-7-19(21)16-34-26-30-22-9-5-6-10-23(22)33-26/h3-14,17H,15-16H2,1-2H3,(H,27,31)(H2,28,29,32). The van der Waals surface area contributed by atoms with E-state index in [4.69, 9.17) is 4.42 Å². The van der Waals surface area contributed by atoms with Crippen LogP contribution in [0.1, 0.15) is 35.3 Å². The molecule has 4 aromatic rings. The van der Waals surface area contributed by atoms with E-state index >= 15 is 0 Å². The second-order valence-electron chi connectivity index (χ2n) is 8.03. The minimum absolute atomic E-state index is 0.0609. The molecule has 0 spiro atoms. The maximum Gasteiger partial charge on any atom is 0.319 e. The highest BCUT2D eigenvalue weighted by molar-refractivity contribution is 7.98. The lowest BCUT2D eigenvalue weighted by Gasteiger charge is -2.11. The number of aromatic nitrogens is 1. The fourth-order valence-electron chi connectivity index (χ4n) is 3.33. The first-order chi connectivity index (χ1) is 16.5. The number of hydrogen-bond acceptors (Lipinski definition) is 5. The van der Waals surface area contributed by atoms with Crippen LogP contribution in [0.5, 0.6) is 0 Å². The zero-order chi connectivity index (χ0) is 23.9. The quantitative estimate of drug-likeness (QED) is 0.290. The molecule has 0 aliphatic rings. The monoisotopic (exact) mass is 474 g/mol. The first-order valence-corrected chi connectivity index (χ1v) is 12.0. The number of carbonyl (C=O) groups is 2. The fourth-order valence-corrected chi connectivity index (χ4v) is 4.18. The summed E-state index contributed by atoms with van der Waals surface area (Å²) in [6, 6.07) is 22.3. The van der Waals surface area contributed by atoms with Gasteiger partial charge >= 0.3 is 6.03 Å². The van der Waals surface area contributed by atoms with Crippen molar-refractivity contribution in [2.75, 3.05) is 5.32 Å². The van der Waals surface area contributed by atoms with Crippen LogP contribution < -0.4 is 16.0 Å². The van der Waals surface area contributed by atoms with Crippen molar-refractivity contribution in [3.63, 3.8) is 0 Å². The number of benzene rings is 3. The Morgan fingerprint density at radius 2 is 1.71 bits per heavy atom. The van der Waals surface area contributed by atoms with Crippen molar-refractivity contribution < 1.29 is 14.0 Å². The maximum absolute atomic E-state index is 12.9. The molecule has 1 heterocycles. The number of oxazole rings is 1. The highest BCUT2D eigenvalue weighted by Crippen LogP contribution is 2.27. The normalized spacial score (nSPS) is 10.9. The van der Waals surface area contributed by atoms with E-state index in [9.17, 15) is 9.59 Å². The van der Waals surface area contributed by atoms with Crippen molar-refractivity contribution >= 4 is 40.5 Å². The minimum atomic E-state index is -0.247. The molecule has 0 fully saturated rings. The summed E-state index contributed by atoms with van der Waals surface area (Å²) in [6.07, 6.45) is 0. The van der Waals surface area contributed by atoms with Gasteiger partial charge in [-0.05, 0) is 55.3 Å². The number of amides is 3. The van der Waals surface area contributed by atoms with E-state index in [1.165, 1.54) is 11.8 Å². The molecule has 34 heavy (non-hydrogen) atoms. The molecule has 0 radical (unpaired) electrons. The van der Waals surface area contributed by atoms with Crippen LogP contribution in [0.2, 0.25) is 0 Å². The Morgan fingerprint density at radius 3 is 2.47 bits per heavy atom. The number of rotatable bonds is 8. The summed E-state index contributed by atoms with van der Waals surface area (Å²) in [6.45, 7) is 4.18. The number of hydrogen-bond donors (Lipinski definition) is 3. The van der Waals surface area contributed by atoms with Crippen molar-refractivity contribution in [1.29, 1.82) is 0 Å². The van der Waals surface area contributed by atoms with Gasteiger partial charge < -0.3 is 20.4 Å². The molecule has 0 atom stereocenters. The second-order valence-corrected chi connectivity index (χ2v) is 8.95. The summed E-state index contributed by atoms with van der Waals surface area (Å²) in [5.74, 6) is 0.419. The molecule has 0 aliphatic carbocycles. The Morgan fingerprint density at radius 1 is 0.971 bits per heavy atom. The first kappa shape index (κ1) is 23.4. The van der Waals surface area contributed by atoms with Crippen molar-refractivity contribution in [3.8, 4) is 0 Å². The van der Waals surface area contributed by atoms with Gasteiger partial charge in [-0.25, -0.2) is 9.78 Å². The molecule has 3 aromatic carbocycles. The predicted molar refractivity (Wildman–Crippen MR) is 135 cm³/mol. The Bertz CT molecular complexity index is 1250. The van der Waals surface area contributed by atoms with Crippen LogP contribution in [-0.4, -0.2) is 23.0 Å². The summed E-state index contributed by atoms with van der Waals surface area (Å²) in [5.41, 5.74) is 4.71. The molecule has 0 aliphatic heterocycles. The summed E-state index contributed by atoms with van der Waals surface area (Å²) >= 11 is 1.46. The van der Waals surface area contributed by atoms with Crippen LogP contribution in [-0.2, 0) is 12.3 Å². The molecule has 3 N–H and O–H groups in total. The average Bonchev–Trinajstić information content (AvgIpc) is 3.25. The average molecular weight is 475 g/mol. The van der Waals surface area contributed by atoms with Crippen LogP contribution >= 0.6 is 11.8 Å². The molecule has 174 valence electrons. The topological polar surface area (TPSA) is 96.3 Å². The number of carbonyl (C=O) groups excluding carboxylic acids is 2. The molecule has 0 bridgehead atoms. The number of anilines is 1. The van der Waals surface area contributed by atoms with Gasteiger partial charge in [-0.2, -0.15) is 0 Å². The Kier molecular flexibility index (Phi) is 7.49. The molecule has 0 saturated heterocycles. The number of urea groups is 1. The van der Waals surface area contributed by atoms with Gasteiger partial charge in [0.15, 0.2) is 5.58 Å². The van der Waals surface area contributed by atoms with Crippen LogP contribution in [0, 0.1) is 0 Å². The third-order valence-electron chi connectivity index (χ3n) is 4.97. The molecule has 4 rings (SSSR count). The highest BCUT2D eigenvalue weighted by Gasteiger charge is 2.13. The van der Waals surface area contributed by atoms with Gasteiger partial charge in [0.25, 0.3) is 11.1 Å². The van der Waals surface area contributed by atoms with Crippen molar-refractivity contribution in [1.82, 2.24) is 15.6 Å². The van der Waals surface area contributed by atoms with Crippen LogP contribution in [0.3, 0.4) is 0 Å². The van der Waals surface area contributed by atoms with Gasteiger partial charge in [-0.15, -0.1) is 0 Å². The molecule has 0 saturated carbocycles. The zero-order valence-electron chi connectivity index (χ0n) is 19.0. The first-order valence-electron chi connectivity index (χ1n) is 11.0. The molecule has 1 aromatic heterocycles. The van der Waals surface area contributed by atoms with Crippen molar-refractivity contribution in [2.45, 2.75) is 37.4 Å². The van der Waals surface area contributed by atoms with Crippen molar-refractivity contribution in [2.24, 2.45) is 0 Å². The van der Waals surface area contributed by atoms with Gasteiger partial charge in [0.2, 0.25) is 0 Å². The molecule has 3 amide bonds. The lowest BCUT2D eigenvalue weighted by atomic mass is 10.1. The summed E-state index contributed by atoms with van der Waals surface area (Å²) in [4.78, 5) is 29.2. The smallest absolute Gasteiger partial charge is 0.319 e. The van der Waals surface area contributed by atoms with Gasteiger partial charge in [-0.1, -0.05) is 54.2 Å². The van der Waals surface area contributed by atoms with Gasteiger partial charge in [-0.3, -0.25) is 4.79 Å². The molecule has 7 nitrogen and oxygen atoms in total. The summed E-state index contributed by atoms with van der Waals surface area (Å²) in [7, 11) is 0. The maximum atomic E-state index is 12.9. The third-order valence-corrected chi connectivity index (χ3v) is 5.85. The van der Waals surface area contributed by atoms with Gasteiger partial charge in [0.1, 0.15) is 5.52 Å². The van der Waals surface area contributed by atoms with E-state index in [1.54, 1.807) is 0 Å². The number of thioether (sulfide) groups is 1. The van der Waals surface area contributed by atoms with Crippen molar-refractivity contribution in [3.05, 3.63) is 89.5 Å². The van der Waals surface area contributed by atoms with Crippen LogP contribution in [0.25, 0.3) is 11.1 Å². The molecular weight excluding hydrogens is 448 g/mol. The zero-order valence-corrected chi connectivity index (χ0v) is 19.8. The van der Waals surface area contributed by atoms with E-state index in [-0.39, 0.29) is 18.0 Å². The molecule has 8 heteroatoms. The van der Waals surface area contributed by atoms with E-state index < -0.39 is 0 Å². The van der Waals surface area contributed by atoms with Crippen LogP contribution in [0.15, 0.2) is 82.4 Å². The molecular formula is C26H26N4O3S. The predicted octanol–water partition coefficient (Wildman–Crippen LogP) is 5.58. The van der Waals surface area contributed by atoms with E-state index in [1.807, 2.05) is 86.6 Å². The number of nitrogens with one attached hydrogen (secondary N) is 3. The summed E-state index contributed by atoms with van der Waals surface area (Å²) in [5, 5.41) is 9.11. The Hall–Kier alpha value is -3.78. The van der Waals surface area contributed by atoms with Gasteiger partial charge in [0, 0.05) is 29.6 Å². The number of fused-ring (bicyclic) bond motifs is 1. The fraction of sp³-hybridized carbons (Fsp3) is 0.192. The lowest BCUT2D eigenvalue weighted by Crippen LogP contribution is -2.34. The minimum Gasteiger partial charge on any atom is -0.431 e. The lowest BCUT2D eigenvalue weighted by molar-refractivity contribution is 0.0950.